The minimum atomic E-state index is 1.17. The molecule has 0 N–H and O–H groups in total. The first-order valence-corrected chi connectivity index (χ1v) is 6.39. The van der Waals surface area contributed by atoms with Gasteiger partial charge < -0.3 is 4.57 Å². The molecule has 0 bridgehead atoms. The van der Waals surface area contributed by atoms with Gasteiger partial charge in [0.1, 0.15) is 0 Å². The van der Waals surface area contributed by atoms with Gasteiger partial charge in [0.25, 0.3) is 0 Å². The third kappa shape index (κ3) is 1.63. The molecule has 1 heteroatoms. The van der Waals surface area contributed by atoms with Crippen LogP contribution < -0.4 is 0 Å². The van der Waals surface area contributed by atoms with Crippen molar-refractivity contribution < 1.29 is 0 Å². The number of hydrogen-bond donors (Lipinski definition) is 0. The molecule has 0 saturated carbocycles. The van der Waals surface area contributed by atoms with Crippen molar-refractivity contribution in [2.24, 2.45) is 0 Å². The molecule has 0 amide bonds. The molecule has 0 fully saturated rings. The Morgan fingerprint density at radius 3 is 2.32 bits per heavy atom. The van der Waals surface area contributed by atoms with Gasteiger partial charge in [0.05, 0.1) is 11.9 Å². The molecule has 0 spiro atoms. The molecule has 4 rings (SSSR count). The summed E-state index contributed by atoms with van der Waals surface area (Å²) in [6, 6.07) is 23.3. The highest BCUT2D eigenvalue weighted by Crippen LogP contribution is 2.27. The minimum Gasteiger partial charge on any atom is -0.315 e. The normalized spacial score (nSPS) is 11.2. The Bertz CT molecular complexity index is 857. The van der Waals surface area contributed by atoms with Crippen molar-refractivity contribution in [3.63, 3.8) is 0 Å². The molecule has 19 heavy (non-hydrogen) atoms. The van der Waals surface area contributed by atoms with Gasteiger partial charge >= 0.3 is 0 Å². The van der Waals surface area contributed by atoms with Gasteiger partial charge in [-0.1, -0.05) is 36.4 Å². The third-order valence-corrected chi connectivity index (χ3v) is 3.53. The number of nitrogens with zero attached hydrogens (tertiary/aromatic N) is 1. The second-order valence-electron chi connectivity index (χ2n) is 4.70. The number of hydrogen-bond acceptors (Lipinski definition) is 0. The zero-order valence-electron chi connectivity index (χ0n) is 10.4. The van der Waals surface area contributed by atoms with E-state index >= 15 is 0 Å². The Labute approximate surface area is 111 Å². The van der Waals surface area contributed by atoms with Crippen molar-refractivity contribution in [1.29, 1.82) is 0 Å². The predicted molar refractivity (Wildman–Crippen MR) is 79.6 cm³/mol. The molecule has 1 radical (unpaired) electrons. The van der Waals surface area contributed by atoms with Crippen LogP contribution in [-0.2, 0) is 0 Å². The smallest absolute Gasteiger partial charge is 0.0697 e. The van der Waals surface area contributed by atoms with E-state index < -0.39 is 0 Å². The molecule has 0 unspecified atom stereocenters. The summed E-state index contributed by atoms with van der Waals surface area (Å²) in [4.78, 5) is 0. The maximum atomic E-state index is 3.21. The van der Waals surface area contributed by atoms with Crippen LogP contribution in [0.15, 0.2) is 72.9 Å². The summed E-state index contributed by atoms with van der Waals surface area (Å²) >= 11 is 0. The van der Waals surface area contributed by atoms with E-state index in [1.165, 1.54) is 27.2 Å². The Hall–Kier alpha value is -2.54. The number of rotatable bonds is 1. The molecule has 4 aromatic rings. The van der Waals surface area contributed by atoms with E-state index in [-0.39, 0.29) is 0 Å². The topological polar surface area (TPSA) is 4.93 Å². The monoisotopic (exact) mass is 242 g/mol. The van der Waals surface area contributed by atoms with E-state index in [9.17, 15) is 0 Å². The van der Waals surface area contributed by atoms with Crippen molar-refractivity contribution in [3.05, 3.63) is 79.1 Å². The van der Waals surface area contributed by atoms with E-state index in [1.807, 2.05) is 22.9 Å². The fourth-order valence-corrected chi connectivity index (χ4v) is 2.61. The summed E-state index contributed by atoms with van der Waals surface area (Å²) in [5.74, 6) is 0. The number of benzene rings is 3. The highest BCUT2D eigenvalue weighted by Gasteiger charge is 2.04. The third-order valence-electron chi connectivity index (χ3n) is 3.53. The van der Waals surface area contributed by atoms with E-state index in [1.54, 1.807) is 0 Å². The maximum Gasteiger partial charge on any atom is 0.0697 e. The van der Waals surface area contributed by atoms with Crippen molar-refractivity contribution in [3.8, 4) is 5.69 Å². The van der Waals surface area contributed by atoms with Crippen LogP contribution in [-0.4, -0.2) is 4.57 Å². The lowest BCUT2D eigenvalue weighted by atomic mass is 10.0. The van der Waals surface area contributed by atoms with Crippen LogP contribution in [0, 0.1) is 6.20 Å². The first kappa shape index (κ1) is 10.4. The molecule has 0 aliphatic carbocycles. The largest absolute Gasteiger partial charge is 0.315 e. The van der Waals surface area contributed by atoms with Crippen LogP contribution in [0.4, 0.5) is 0 Å². The van der Waals surface area contributed by atoms with Crippen molar-refractivity contribution in [2.75, 3.05) is 0 Å². The SMILES string of the molecule is [c]1cccn1-c1cccc2cc3ccccc3cc12. The van der Waals surface area contributed by atoms with Gasteiger partial charge in [0, 0.05) is 11.6 Å². The fraction of sp³-hybridized carbons (Fsp3) is 0. The van der Waals surface area contributed by atoms with Gasteiger partial charge in [-0.05, 0) is 46.5 Å². The quantitative estimate of drug-likeness (QED) is 0.430. The van der Waals surface area contributed by atoms with Gasteiger partial charge in [0.15, 0.2) is 0 Å². The molecule has 0 saturated heterocycles. The molecule has 89 valence electrons. The van der Waals surface area contributed by atoms with E-state index in [0.29, 0.717) is 0 Å². The van der Waals surface area contributed by atoms with Gasteiger partial charge in [-0.15, -0.1) is 0 Å². The Kier molecular flexibility index (Phi) is 2.18. The van der Waals surface area contributed by atoms with Crippen LogP contribution in [0.3, 0.4) is 0 Å². The standard InChI is InChI=1S/C18H12N/c1-2-7-15-13-17-16(12-14(15)6-1)8-5-9-18(17)19-10-3-4-11-19/h1-10,12-13H. The Morgan fingerprint density at radius 2 is 1.53 bits per heavy atom. The van der Waals surface area contributed by atoms with Crippen LogP contribution in [0.2, 0.25) is 0 Å². The summed E-state index contributed by atoms with van der Waals surface area (Å²) in [5, 5.41) is 5.07. The average Bonchev–Trinajstić information content (AvgIpc) is 2.98. The van der Waals surface area contributed by atoms with Gasteiger partial charge in [0.2, 0.25) is 0 Å². The lowest BCUT2D eigenvalue weighted by molar-refractivity contribution is 1.08. The van der Waals surface area contributed by atoms with Crippen LogP contribution in [0.5, 0.6) is 0 Å². The second kappa shape index (κ2) is 3.99. The molecule has 1 heterocycles. The summed E-state index contributed by atoms with van der Waals surface area (Å²) in [6.45, 7) is 0. The summed E-state index contributed by atoms with van der Waals surface area (Å²) in [7, 11) is 0. The zero-order chi connectivity index (χ0) is 12.7. The zero-order valence-corrected chi connectivity index (χ0v) is 10.4. The molecule has 0 atom stereocenters. The summed E-state index contributed by atoms with van der Waals surface area (Å²) in [5.41, 5.74) is 1.17. The van der Waals surface area contributed by atoms with Crippen LogP contribution >= 0.6 is 0 Å². The van der Waals surface area contributed by atoms with E-state index in [2.05, 4.69) is 60.8 Å². The van der Waals surface area contributed by atoms with Crippen molar-refractivity contribution in [1.82, 2.24) is 4.57 Å². The van der Waals surface area contributed by atoms with Crippen molar-refractivity contribution in [2.45, 2.75) is 0 Å². The van der Waals surface area contributed by atoms with E-state index in [0.717, 1.165) is 0 Å². The Morgan fingerprint density at radius 1 is 0.737 bits per heavy atom. The molecule has 1 nitrogen and oxygen atoms in total. The fourth-order valence-electron chi connectivity index (χ4n) is 2.61. The number of aromatic nitrogens is 1. The molecule has 0 aliphatic heterocycles. The highest BCUT2D eigenvalue weighted by atomic mass is 14.9. The predicted octanol–water partition coefficient (Wildman–Crippen LogP) is 4.58. The first-order chi connectivity index (χ1) is 9.42. The highest BCUT2D eigenvalue weighted by molar-refractivity contribution is 6.01. The summed E-state index contributed by atoms with van der Waals surface area (Å²) < 4.78 is 2.04. The molecule has 0 aliphatic rings. The lowest BCUT2D eigenvalue weighted by Crippen LogP contribution is -1.91. The van der Waals surface area contributed by atoms with Crippen LogP contribution in [0.1, 0.15) is 0 Å². The molecular weight excluding hydrogens is 230 g/mol. The summed E-state index contributed by atoms with van der Waals surface area (Å²) in [6.07, 6.45) is 5.24. The van der Waals surface area contributed by atoms with Gasteiger partial charge in [-0.3, -0.25) is 0 Å². The molecule has 1 aromatic heterocycles. The first-order valence-electron chi connectivity index (χ1n) is 6.39. The molecule has 3 aromatic carbocycles. The van der Waals surface area contributed by atoms with Gasteiger partial charge in [-0.25, -0.2) is 0 Å². The van der Waals surface area contributed by atoms with Crippen molar-refractivity contribution >= 4 is 21.5 Å². The minimum absolute atomic E-state index is 1.17. The Balaban J connectivity index is 2.12. The van der Waals surface area contributed by atoms with Gasteiger partial charge in [-0.2, -0.15) is 0 Å². The number of fused-ring (bicyclic) bond motifs is 2. The average molecular weight is 242 g/mol. The molecular formula is C18H12N. The second-order valence-corrected chi connectivity index (χ2v) is 4.70. The van der Waals surface area contributed by atoms with E-state index in [4.69, 9.17) is 0 Å². The maximum absolute atomic E-state index is 3.21. The lowest BCUT2D eigenvalue weighted by Gasteiger charge is -2.09. The van der Waals surface area contributed by atoms with Crippen LogP contribution in [0.25, 0.3) is 27.2 Å².